The second-order valence-corrected chi connectivity index (χ2v) is 8.90. The van der Waals surface area contributed by atoms with Crippen LogP contribution >= 0.6 is 36.4 Å². The Kier molecular flexibility index (Phi) is 13.5. The molecule has 1 aliphatic rings. The van der Waals surface area contributed by atoms with E-state index in [9.17, 15) is 0 Å². The molecular weight excluding hydrogens is 503 g/mol. The fourth-order valence-corrected chi connectivity index (χ4v) is 4.37. The number of benzene rings is 3. The van der Waals surface area contributed by atoms with Crippen LogP contribution in [0.3, 0.4) is 0 Å². The van der Waals surface area contributed by atoms with Crippen LogP contribution in [0.15, 0.2) is 78.9 Å². The zero-order valence-electron chi connectivity index (χ0n) is 20.0. The minimum atomic E-state index is 0. The summed E-state index contributed by atoms with van der Waals surface area (Å²) in [5.41, 5.74) is 2.39. The minimum Gasteiger partial charge on any atom is -0.457 e. The summed E-state index contributed by atoms with van der Waals surface area (Å²) >= 11 is 6.27. The molecule has 3 aromatic carbocycles. The van der Waals surface area contributed by atoms with Crippen LogP contribution in [-0.2, 0) is 17.8 Å². The molecule has 1 fully saturated rings. The number of piperazine rings is 1. The number of ether oxygens (including phenoxy) is 2. The van der Waals surface area contributed by atoms with Gasteiger partial charge in [0.15, 0.2) is 0 Å². The van der Waals surface area contributed by atoms with E-state index in [-0.39, 0.29) is 24.8 Å². The number of hydrogen-bond donors (Lipinski definition) is 0. The molecule has 0 amide bonds. The lowest BCUT2D eigenvalue weighted by molar-refractivity contribution is 0.0682. The fourth-order valence-electron chi connectivity index (χ4n) is 4.14. The van der Waals surface area contributed by atoms with Gasteiger partial charge < -0.3 is 14.4 Å². The zero-order valence-corrected chi connectivity index (χ0v) is 22.4. The van der Waals surface area contributed by atoms with Crippen LogP contribution in [0.25, 0.3) is 0 Å². The van der Waals surface area contributed by atoms with E-state index in [1.807, 2.05) is 60.7 Å². The third-order valence-corrected chi connectivity index (χ3v) is 6.41. The van der Waals surface area contributed by atoms with Gasteiger partial charge in [-0.15, -0.1) is 24.8 Å². The van der Waals surface area contributed by atoms with Crippen molar-refractivity contribution in [2.75, 3.05) is 45.9 Å². The van der Waals surface area contributed by atoms with Gasteiger partial charge in [0.2, 0.25) is 0 Å². The van der Waals surface area contributed by atoms with E-state index < -0.39 is 0 Å². The predicted octanol–water partition coefficient (Wildman–Crippen LogP) is 6.74. The maximum absolute atomic E-state index is 6.27. The largest absolute Gasteiger partial charge is 0.457 e. The van der Waals surface area contributed by atoms with Crippen molar-refractivity contribution in [3.8, 4) is 11.5 Å². The van der Waals surface area contributed by atoms with Crippen molar-refractivity contribution >= 4 is 36.4 Å². The van der Waals surface area contributed by atoms with Gasteiger partial charge in [0.25, 0.3) is 0 Å². The van der Waals surface area contributed by atoms with E-state index >= 15 is 0 Å². The first kappa shape index (κ1) is 29.4. The standard InChI is InChI=1S/C28H33ClN2O2.2ClH/c29-28-14-5-4-9-25(28)10-7-15-30-16-18-31(19-17-30)20-21-32-23-24-8-6-13-27(22-24)33-26-11-2-1-3-12-26;;/h1-6,8-9,11-14,22H,7,10,15-21,23H2;2*1H. The Hall–Kier alpha value is -1.79. The van der Waals surface area contributed by atoms with Gasteiger partial charge in [0.1, 0.15) is 11.5 Å². The molecule has 0 bridgehead atoms. The Balaban J connectivity index is 0.00000216. The van der Waals surface area contributed by atoms with Gasteiger partial charge in [-0.3, -0.25) is 4.90 Å². The summed E-state index contributed by atoms with van der Waals surface area (Å²) in [4.78, 5) is 5.06. The molecule has 7 heteroatoms. The molecule has 3 aromatic rings. The molecule has 0 atom stereocenters. The lowest BCUT2D eigenvalue weighted by Gasteiger charge is -2.34. The molecule has 1 saturated heterocycles. The van der Waals surface area contributed by atoms with Crippen LogP contribution in [0, 0.1) is 0 Å². The molecule has 0 N–H and O–H groups in total. The monoisotopic (exact) mass is 536 g/mol. The van der Waals surface area contributed by atoms with E-state index in [4.69, 9.17) is 21.1 Å². The average Bonchev–Trinajstić information content (AvgIpc) is 2.85. The normalized spacial score (nSPS) is 14.1. The zero-order chi connectivity index (χ0) is 22.7. The summed E-state index contributed by atoms with van der Waals surface area (Å²) in [5.74, 6) is 1.69. The van der Waals surface area contributed by atoms with Gasteiger partial charge in [-0.25, -0.2) is 0 Å². The Bertz CT molecular complexity index is 983. The lowest BCUT2D eigenvalue weighted by Crippen LogP contribution is -2.47. The first-order chi connectivity index (χ1) is 16.3. The summed E-state index contributed by atoms with van der Waals surface area (Å²) < 4.78 is 11.9. The molecule has 1 heterocycles. The first-order valence-electron chi connectivity index (χ1n) is 11.8. The third kappa shape index (κ3) is 10.0. The van der Waals surface area contributed by atoms with Crippen molar-refractivity contribution in [3.05, 3.63) is 95.0 Å². The number of nitrogens with zero attached hydrogens (tertiary/aromatic N) is 2. The van der Waals surface area contributed by atoms with Gasteiger partial charge >= 0.3 is 0 Å². The Morgan fingerprint density at radius 1 is 0.714 bits per heavy atom. The van der Waals surface area contributed by atoms with Gasteiger partial charge in [-0.2, -0.15) is 0 Å². The van der Waals surface area contributed by atoms with Gasteiger partial charge in [0.05, 0.1) is 13.2 Å². The van der Waals surface area contributed by atoms with E-state index in [2.05, 4.69) is 28.0 Å². The van der Waals surface area contributed by atoms with E-state index in [0.29, 0.717) is 6.61 Å². The molecule has 0 spiro atoms. The van der Waals surface area contributed by atoms with E-state index in [1.165, 1.54) is 5.56 Å². The van der Waals surface area contributed by atoms with Gasteiger partial charge in [-0.05, 0) is 60.8 Å². The third-order valence-electron chi connectivity index (χ3n) is 6.04. The SMILES string of the molecule is Cl.Cl.Clc1ccccc1CCCN1CCN(CCOCc2cccc(Oc3ccccc3)c2)CC1. The molecule has 1 aliphatic heterocycles. The second-order valence-electron chi connectivity index (χ2n) is 8.49. The van der Waals surface area contributed by atoms with Crippen molar-refractivity contribution in [3.63, 3.8) is 0 Å². The number of aryl methyl sites for hydroxylation is 1. The highest BCUT2D eigenvalue weighted by Crippen LogP contribution is 2.22. The minimum absolute atomic E-state index is 0. The fraction of sp³-hybridized carbons (Fsp3) is 0.357. The first-order valence-corrected chi connectivity index (χ1v) is 12.2. The summed E-state index contributed by atoms with van der Waals surface area (Å²) in [6, 6.07) is 26.2. The van der Waals surface area contributed by atoms with Crippen LogP contribution in [-0.4, -0.2) is 55.7 Å². The number of halogens is 3. The predicted molar refractivity (Wildman–Crippen MR) is 150 cm³/mol. The molecule has 0 radical (unpaired) electrons. The maximum Gasteiger partial charge on any atom is 0.127 e. The molecule has 190 valence electrons. The van der Waals surface area contributed by atoms with Crippen LogP contribution in [0.2, 0.25) is 5.02 Å². The molecule has 4 nitrogen and oxygen atoms in total. The Labute approximate surface area is 227 Å². The Morgan fingerprint density at radius 2 is 1.37 bits per heavy atom. The van der Waals surface area contributed by atoms with Crippen molar-refractivity contribution in [2.24, 2.45) is 0 Å². The number of rotatable bonds is 11. The average molecular weight is 538 g/mol. The maximum atomic E-state index is 6.27. The quantitative estimate of drug-likeness (QED) is 0.253. The topological polar surface area (TPSA) is 24.9 Å². The molecule has 0 unspecified atom stereocenters. The van der Waals surface area contributed by atoms with Crippen molar-refractivity contribution < 1.29 is 9.47 Å². The van der Waals surface area contributed by atoms with Gasteiger partial charge in [0, 0.05) is 37.7 Å². The van der Waals surface area contributed by atoms with Crippen LogP contribution in [0.4, 0.5) is 0 Å². The summed E-state index contributed by atoms with van der Waals surface area (Å²) in [6.07, 6.45) is 2.20. The van der Waals surface area contributed by atoms with Crippen LogP contribution < -0.4 is 4.74 Å². The van der Waals surface area contributed by atoms with Crippen molar-refractivity contribution in [2.45, 2.75) is 19.4 Å². The second kappa shape index (κ2) is 16.1. The van der Waals surface area contributed by atoms with E-state index in [1.54, 1.807) is 0 Å². The number of hydrogen-bond acceptors (Lipinski definition) is 4. The van der Waals surface area contributed by atoms with Crippen LogP contribution in [0.5, 0.6) is 11.5 Å². The summed E-state index contributed by atoms with van der Waals surface area (Å²) in [7, 11) is 0. The van der Waals surface area contributed by atoms with E-state index in [0.717, 1.165) is 80.8 Å². The summed E-state index contributed by atoms with van der Waals surface area (Å²) in [5, 5.41) is 0.887. The molecule has 0 aromatic heterocycles. The van der Waals surface area contributed by atoms with Gasteiger partial charge in [-0.1, -0.05) is 60.1 Å². The lowest BCUT2D eigenvalue weighted by atomic mass is 10.1. The number of para-hydroxylation sites is 1. The van der Waals surface area contributed by atoms with Crippen molar-refractivity contribution in [1.82, 2.24) is 9.80 Å². The molecule has 0 saturated carbocycles. The molecule has 0 aliphatic carbocycles. The smallest absolute Gasteiger partial charge is 0.127 e. The highest BCUT2D eigenvalue weighted by atomic mass is 35.5. The highest BCUT2D eigenvalue weighted by molar-refractivity contribution is 6.31. The van der Waals surface area contributed by atoms with Crippen LogP contribution in [0.1, 0.15) is 17.5 Å². The summed E-state index contributed by atoms with van der Waals surface area (Å²) in [6.45, 7) is 7.93. The molecular formula is C28H35Cl3N2O2. The van der Waals surface area contributed by atoms with Crippen molar-refractivity contribution in [1.29, 1.82) is 0 Å². The molecule has 35 heavy (non-hydrogen) atoms. The molecule has 4 rings (SSSR count). The highest BCUT2D eigenvalue weighted by Gasteiger charge is 2.16. The Morgan fingerprint density at radius 3 is 2.11 bits per heavy atom.